The number of alkyl halides is 2. The first-order valence-corrected chi connectivity index (χ1v) is 10.9. The maximum Gasteiger partial charge on any atom is 0.387 e. The number of allylic oxidation sites excluding steroid dienone is 1. The van der Waals surface area contributed by atoms with Crippen LogP contribution in [0.25, 0.3) is 16.8 Å². The van der Waals surface area contributed by atoms with Gasteiger partial charge in [0.2, 0.25) is 5.95 Å². The lowest BCUT2D eigenvalue weighted by atomic mass is 10.1. The first kappa shape index (κ1) is 21.9. The summed E-state index contributed by atoms with van der Waals surface area (Å²) in [4.78, 5) is 7.23. The van der Waals surface area contributed by atoms with Crippen LogP contribution in [0.4, 0.5) is 19.1 Å². The highest BCUT2D eigenvalue weighted by Crippen LogP contribution is 2.36. The highest BCUT2D eigenvalue weighted by atomic mass is 19.3. The highest BCUT2D eigenvalue weighted by molar-refractivity contribution is 5.82. The summed E-state index contributed by atoms with van der Waals surface area (Å²) in [5, 5.41) is 11.9. The largest absolute Gasteiger partial charge is 0.434 e. The molecule has 0 unspecified atom stereocenters. The Morgan fingerprint density at radius 1 is 1.29 bits per heavy atom. The molecule has 0 aliphatic carbocycles. The molecule has 2 aromatic heterocycles. The van der Waals surface area contributed by atoms with Gasteiger partial charge in [-0.3, -0.25) is 4.40 Å². The van der Waals surface area contributed by atoms with Gasteiger partial charge in [0, 0.05) is 31.4 Å². The summed E-state index contributed by atoms with van der Waals surface area (Å²) >= 11 is 0. The van der Waals surface area contributed by atoms with Gasteiger partial charge in [0.15, 0.2) is 0 Å². The molecular formula is C23H23F3N6O2. The van der Waals surface area contributed by atoms with Gasteiger partial charge >= 0.3 is 6.61 Å². The van der Waals surface area contributed by atoms with Crippen LogP contribution in [0.15, 0.2) is 54.7 Å². The topological polar surface area (TPSA) is 76.0 Å². The summed E-state index contributed by atoms with van der Waals surface area (Å²) < 4.78 is 47.3. The van der Waals surface area contributed by atoms with Gasteiger partial charge in [-0.05, 0) is 49.6 Å². The second-order valence-corrected chi connectivity index (χ2v) is 8.17. The molecule has 0 saturated carbocycles. The third-order valence-electron chi connectivity index (χ3n) is 5.82. The van der Waals surface area contributed by atoms with Crippen molar-refractivity contribution in [3.63, 3.8) is 0 Å². The molecule has 11 heteroatoms. The van der Waals surface area contributed by atoms with E-state index in [1.165, 1.54) is 12.1 Å². The Balaban J connectivity index is 1.45. The lowest BCUT2D eigenvalue weighted by Crippen LogP contribution is -2.42. The number of fused-ring (bicyclic) bond motifs is 1. The van der Waals surface area contributed by atoms with E-state index in [1.54, 1.807) is 42.1 Å². The average molecular weight is 472 g/mol. The molecule has 34 heavy (non-hydrogen) atoms. The van der Waals surface area contributed by atoms with Crippen molar-refractivity contribution >= 4 is 11.5 Å². The fourth-order valence-electron chi connectivity index (χ4n) is 4.36. The van der Waals surface area contributed by atoms with E-state index in [9.17, 15) is 13.2 Å². The number of ether oxygens (including phenoxy) is 1. The number of likely N-dealkylation sites (tertiary alicyclic amines) is 1. The molecule has 0 bridgehead atoms. The van der Waals surface area contributed by atoms with Gasteiger partial charge in [-0.1, -0.05) is 0 Å². The van der Waals surface area contributed by atoms with Gasteiger partial charge in [-0.15, -0.1) is 10.2 Å². The zero-order valence-electron chi connectivity index (χ0n) is 18.3. The Labute approximate surface area is 193 Å². The maximum absolute atomic E-state index is 14.9. The second-order valence-electron chi connectivity index (χ2n) is 8.17. The normalized spacial score (nSPS) is 18.0. The molecule has 1 aromatic carbocycles. The molecule has 5 rings (SSSR count). The van der Waals surface area contributed by atoms with Gasteiger partial charge in [-0.25, -0.2) is 9.87 Å². The third-order valence-corrected chi connectivity index (χ3v) is 5.82. The van der Waals surface area contributed by atoms with Crippen LogP contribution in [0.2, 0.25) is 0 Å². The highest BCUT2D eigenvalue weighted by Gasteiger charge is 2.25. The van der Waals surface area contributed by atoms with E-state index in [-0.39, 0.29) is 23.0 Å². The minimum atomic E-state index is -3.10. The van der Waals surface area contributed by atoms with Crippen LogP contribution < -0.4 is 15.5 Å². The van der Waals surface area contributed by atoms with Gasteiger partial charge in [0.1, 0.15) is 23.5 Å². The van der Waals surface area contributed by atoms with Crippen molar-refractivity contribution in [3.05, 3.63) is 66.1 Å². The molecule has 3 aromatic rings. The predicted molar refractivity (Wildman–Crippen MR) is 119 cm³/mol. The lowest BCUT2D eigenvalue weighted by molar-refractivity contribution is -0.0496. The number of halogens is 3. The number of rotatable bonds is 6. The fraction of sp³-hybridized carbons (Fsp3) is 0.304. The number of nitrogens with one attached hydrogen (secondary N) is 2. The summed E-state index contributed by atoms with van der Waals surface area (Å²) in [6.45, 7) is 0.163. The molecule has 0 spiro atoms. The average Bonchev–Trinajstić information content (AvgIpc) is 3.31. The van der Waals surface area contributed by atoms with E-state index in [2.05, 4.69) is 30.6 Å². The summed E-state index contributed by atoms with van der Waals surface area (Å²) in [7, 11) is 0. The molecular weight excluding hydrogens is 449 g/mol. The number of hydroxylamine groups is 1. The van der Waals surface area contributed by atoms with Crippen molar-refractivity contribution < 1.29 is 22.7 Å². The quantitative estimate of drug-likeness (QED) is 0.557. The van der Waals surface area contributed by atoms with Gasteiger partial charge in [0.05, 0.1) is 23.0 Å². The van der Waals surface area contributed by atoms with Crippen LogP contribution in [0.1, 0.15) is 18.4 Å². The number of piperidine rings is 1. The SMILES string of the molecule is Cc1cc(F)c(-c2nnc(N[C@@H]3CCCN(C4=CNOC=C4)C3)n3cccc23)c(OC(F)F)c1. The Morgan fingerprint density at radius 3 is 2.97 bits per heavy atom. The molecule has 2 N–H and O–H groups in total. The summed E-state index contributed by atoms with van der Waals surface area (Å²) in [5.41, 5.74) is 4.71. The zero-order chi connectivity index (χ0) is 23.7. The molecule has 2 aliphatic rings. The number of hydrogen-bond acceptors (Lipinski definition) is 7. The molecule has 1 saturated heterocycles. The van der Waals surface area contributed by atoms with E-state index in [4.69, 9.17) is 4.84 Å². The Bertz CT molecular complexity index is 1260. The van der Waals surface area contributed by atoms with Crippen molar-refractivity contribution in [1.29, 1.82) is 0 Å². The molecule has 8 nitrogen and oxygen atoms in total. The second kappa shape index (κ2) is 9.16. The monoisotopic (exact) mass is 472 g/mol. The van der Waals surface area contributed by atoms with Gasteiger partial charge < -0.3 is 19.8 Å². The zero-order valence-corrected chi connectivity index (χ0v) is 18.3. The number of hydrogen-bond donors (Lipinski definition) is 2. The van der Waals surface area contributed by atoms with Crippen molar-refractivity contribution in [3.8, 4) is 17.0 Å². The van der Waals surface area contributed by atoms with Crippen LogP contribution in [0, 0.1) is 12.7 Å². The molecule has 0 amide bonds. The number of anilines is 1. The summed E-state index contributed by atoms with van der Waals surface area (Å²) in [6, 6.07) is 6.21. The molecule has 4 heterocycles. The fourth-order valence-corrected chi connectivity index (χ4v) is 4.36. The number of aromatic nitrogens is 3. The lowest BCUT2D eigenvalue weighted by Gasteiger charge is -2.35. The molecule has 1 atom stereocenters. The van der Waals surface area contributed by atoms with Crippen molar-refractivity contribution in [2.45, 2.75) is 32.4 Å². The summed E-state index contributed by atoms with van der Waals surface area (Å²) in [6.07, 6.45) is 8.97. The molecule has 178 valence electrons. The van der Waals surface area contributed by atoms with Gasteiger partial charge in [-0.2, -0.15) is 8.78 Å². The van der Waals surface area contributed by atoms with Crippen molar-refractivity contribution in [2.24, 2.45) is 0 Å². The molecule has 2 aliphatic heterocycles. The first-order chi connectivity index (χ1) is 16.5. The molecule has 1 fully saturated rings. The predicted octanol–water partition coefficient (Wildman–Crippen LogP) is 4.21. The van der Waals surface area contributed by atoms with E-state index in [1.807, 2.05) is 6.08 Å². The minimum Gasteiger partial charge on any atom is -0.434 e. The van der Waals surface area contributed by atoms with Crippen molar-refractivity contribution in [1.82, 2.24) is 25.0 Å². The molecule has 0 radical (unpaired) electrons. The first-order valence-electron chi connectivity index (χ1n) is 10.9. The minimum absolute atomic E-state index is 0.0884. The van der Waals surface area contributed by atoms with E-state index < -0.39 is 12.4 Å². The number of benzene rings is 1. The van der Waals surface area contributed by atoms with E-state index in [0.29, 0.717) is 17.0 Å². The van der Waals surface area contributed by atoms with Crippen LogP contribution in [-0.2, 0) is 4.84 Å². The van der Waals surface area contributed by atoms with Gasteiger partial charge in [0.25, 0.3) is 0 Å². The Kier molecular flexibility index (Phi) is 5.91. The Hall–Kier alpha value is -3.89. The Morgan fingerprint density at radius 2 is 2.18 bits per heavy atom. The maximum atomic E-state index is 14.9. The van der Waals surface area contributed by atoms with Crippen LogP contribution in [0.5, 0.6) is 5.75 Å². The summed E-state index contributed by atoms with van der Waals surface area (Å²) in [5.74, 6) is -0.503. The van der Waals surface area contributed by atoms with Crippen molar-refractivity contribution in [2.75, 3.05) is 18.4 Å². The van der Waals surface area contributed by atoms with E-state index in [0.717, 1.165) is 31.6 Å². The van der Waals surface area contributed by atoms with E-state index >= 15 is 0 Å². The van der Waals surface area contributed by atoms with Crippen LogP contribution in [-0.4, -0.2) is 45.2 Å². The standard InChI is InChI=1S/C23H23F3N6O2/c1-14-10-17(24)20(19(11-14)34-22(25)26)21-18-5-3-8-32(18)23(30-29-21)28-15-4-2-7-31(13-15)16-6-9-33-27-12-16/h3,5-6,8-12,15,22,27H,2,4,7,13H2,1H3,(H,28,30)/t15-/m1/s1. The third kappa shape index (κ3) is 4.33. The van der Waals surface area contributed by atoms with Crippen LogP contribution >= 0.6 is 0 Å². The number of aryl methyl sites for hydroxylation is 1. The smallest absolute Gasteiger partial charge is 0.387 e. The number of nitrogens with zero attached hydrogens (tertiary/aromatic N) is 4. The van der Waals surface area contributed by atoms with Crippen LogP contribution in [0.3, 0.4) is 0 Å².